The molecule has 0 saturated heterocycles. The molecule has 0 atom stereocenters. The Morgan fingerprint density at radius 2 is 1.59 bits per heavy atom. The van der Waals surface area contributed by atoms with E-state index in [1.165, 1.54) is 20.8 Å². The molecule has 0 aliphatic carbocycles. The fourth-order valence-corrected chi connectivity index (χ4v) is 2.66. The lowest BCUT2D eigenvalue weighted by Gasteiger charge is -2.14. The van der Waals surface area contributed by atoms with Gasteiger partial charge in [0.15, 0.2) is 34.7 Å². The minimum atomic E-state index is -1.74. The van der Waals surface area contributed by atoms with E-state index in [4.69, 9.17) is 9.47 Å². The maximum atomic E-state index is 14.6. The first-order valence-electron chi connectivity index (χ1n) is 9.37. The van der Waals surface area contributed by atoms with Crippen LogP contribution < -0.4 is 5.32 Å². The van der Waals surface area contributed by atoms with E-state index in [9.17, 15) is 32.4 Å². The number of benzene rings is 1. The van der Waals surface area contributed by atoms with Gasteiger partial charge in [0.1, 0.15) is 17.3 Å². The SMILES string of the molecule is CCOC(=O)C(=CNc1c(C#N)cnn1-c1c(F)c(F)c(CC)c(F)c1F)C(=O)OCC. The highest BCUT2D eigenvalue weighted by Crippen LogP contribution is 2.30. The Bertz CT molecular complexity index is 1070. The third-order valence-electron chi connectivity index (χ3n) is 4.13. The van der Waals surface area contributed by atoms with Crippen molar-refractivity contribution in [2.75, 3.05) is 18.5 Å². The summed E-state index contributed by atoms with van der Waals surface area (Å²) >= 11 is 0. The number of nitrogens with one attached hydrogen (secondary N) is 1. The van der Waals surface area contributed by atoms with Gasteiger partial charge in [-0.15, -0.1) is 0 Å². The van der Waals surface area contributed by atoms with Gasteiger partial charge in [0.25, 0.3) is 0 Å². The van der Waals surface area contributed by atoms with E-state index in [1.54, 1.807) is 6.07 Å². The molecule has 0 unspecified atom stereocenters. The summed E-state index contributed by atoms with van der Waals surface area (Å²) in [5.41, 5.74) is -2.97. The number of aromatic nitrogens is 2. The van der Waals surface area contributed by atoms with Gasteiger partial charge in [-0.1, -0.05) is 6.92 Å². The predicted molar refractivity (Wildman–Crippen MR) is 102 cm³/mol. The first kappa shape index (κ1) is 24.4. The Balaban J connectivity index is 2.66. The van der Waals surface area contributed by atoms with Gasteiger partial charge in [0, 0.05) is 11.8 Å². The van der Waals surface area contributed by atoms with Crippen LogP contribution in [0.25, 0.3) is 5.69 Å². The molecule has 1 aromatic carbocycles. The molecule has 0 aliphatic rings. The number of nitriles is 1. The maximum absolute atomic E-state index is 14.6. The van der Waals surface area contributed by atoms with Gasteiger partial charge in [-0.2, -0.15) is 10.4 Å². The van der Waals surface area contributed by atoms with Crippen LogP contribution in [0.5, 0.6) is 0 Å². The lowest BCUT2D eigenvalue weighted by atomic mass is 10.1. The molecule has 0 aliphatic heterocycles. The number of rotatable bonds is 8. The number of nitrogens with zero attached hydrogens (tertiary/aromatic N) is 3. The molecule has 12 heteroatoms. The number of esters is 2. The zero-order chi connectivity index (χ0) is 24.0. The highest BCUT2D eigenvalue weighted by Gasteiger charge is 2.29. The van der Waals surface area contributed by atoms with Crippen LogP contribution in [0.1, 0.15) is 31.9 Å². The normalized spacial score (nSPS) is 10.3. The summed E-state index contributed by atoms with van der Waals surface area (Å²) in [5.74, 6) is -9.34. The monoisotopic (exact) mass is 454 g/mol. The lowest BCUT2D eigenvalue weighted by molar-refractivity contribution is -0.146. The molecule has 2 rings (SSSR count). The second kappa shape index (κ2) is 10.4. The van der Waals surface area contributed by atoms with Gasteiger partial charge < -0.3 is 14.8 Å². The van der Waals surface area contributed by atoms with Crippen LogP contribution in [0.15, 0.2) is 18.0 Å². The lowest BCUT2D eigenvalue weighted by Crippen LogP contribution is -2.20. The molecule has 8 nitrogen and oxygen atoms in total. The fourth-order valence-electron chi connectivity index (χ4n) is 2.66. The highest BCUT2D eigenvalue weighted by molar-refractivity contribution is 6.14. The molecule has 1 aromatic heterocycles. The van der Waals surface area contributed by atoms with Crippen molar-refractivity contribution in [3.8, 4) is 11.8 Å². The third kappa shape index (κ3) is 4.56. The molecular formula is C20H18F4N4O4. The van der Waals surface area contributed by atoms with Crippen LogP contribution in [-0.4, -0.2) is 34.9 Å². The first-order valence-corrected chi connectivity index (χ1v) is 9.37. The summed E-state index contributed by atoms with van der Waals surface area (Å²) in [7, 11) is 0. The molecule has 32 heavy (non-hydrogen) atoms. The van der Waals surface area contributed by atoms with E-state index in [2.05, 4.69) is 10.4 Å². The second-order valence-electron chi connectivity index (χ2n) is 6.01. The molecule has 1 heterocycles. The molecule has 1 N–H and O–H groups in total. The number of anilines is 1. The average molecular weight is 454 g/mol. The van der Waals surface area contributed by atoms with E-state index in [0.717, 1.165) is 12.4 Å². The molecule has 0 amide bonds. The summed E-state index contributed by atoms with van der Waals surface area (Å²) in [6.07, 6.45) is 1.32. The van der Waals surface area contributed by atoms with Crippen LogP contribution in [0.4, 0.5) is 23.4 Å². The van der Waals surface area contributed by atoms with Crippen molar-refractivity contribution in [1.82, 2.24) is 9.78 Å². The van der Waals surface area contributed by atoms with Crippen LogP contribution in [0, 0.1) is 34.6 Å². The Hall–Kier alpha value is -3.88. The zero-order valence-electron chi connectivity index (χ0n) is 17.3. The summed E-state index contributed by atoms with van der Waals surface area (Å²) in [5, 5.41) is 15.2. The maximum Gasteiger partial charge on any atom is 0.347 e. The topological polar surface area (TPSA) is 106 Å². The van der Waals surface area contributed by atoms with E-state index < -0.39 is 57.8 Å². The Morgan fingerprint density at radius 1 is 1.06 bits per heavy atom. The number of hydrogen-bond acceptors (Lipinski definition) is 7. The van der Waals surface area contributed by atoms with Gasteiger partial charge in [-0.3, -0.25) is 0 Å². The summed E-state index contributed by atoms with van der Waals surface area (Å²) in [4.78, 5) is 24.1. The Morgan fingerprint density at radius 3 is 2.03 bits per heavy atom. The minimum Gasteiger partial charge on any atom is -0.462 e. The molecular weight excluding hydrogens is 436 g/mol. The number of carbonyl (C=O) groups excluding carboxylic acids is 2. The van der Waals surface area contributed by atoms with Crippen molar-refractivity contribution in [2.45, 2.75) is 27.2 Å². The summed E-state index contributed by atoms with van der Waals surface area (Å²) in [6, 6.07) is 1.67. The molecule has 0 fully saturated rings. The van der Waals surface area contributed by atoms with Gasteiger partial charge >= 0.3 is 11.9 Å². The van der Waals surface area contributed by atoms with Crippen LogP contribution in [-0.2, 0) is 25.5 Å². The van der Waals surface area contributed by atoms with Crippen molar-refractivity contribution in [3.63, 3.8) is 0 Å². The molecule has 0 bridgehead atoms. The standard InChI is InChI=1S/C20H18F4N4O4/c1-4-11-13(21)15(23)17(16(24)14(11)22)28-18(10(7-25)8-27-28)26-9-12(19(29)31-5-2)20(30)32-6-3/h8-9,26H,4-6H2,1-3H3. The number of carbonyl (C=O) groups is 2. The third-order valence-corrected chi connectivity index (χ3v) is 4.13. The van der Waals surface area contributed by atoms with E-state index >= 15 is 0 Å². The van der Waals surface area contributed by atoms with Crippen LogP contribution >= 0.6 is 0 Å². The van der Waals surface area contributed by atoms with Gasteiger partial charge in [-0.05, 0) is 20.3 Å². The van der Waals surface area contributed by atoms with Crippen molar-refractivity contribution in [1.29, 1.82) is 5.26 Å². The fraction of sp³-hybridized carbons (Fsp3) is 0.300. The summed E-state index contributed by atoms with van der Waals surface area (Å²) < 4.78 is 67.6. The van der Waals surface area contributed by atoms with Crippen LogP contribution in [0.3, 0.4) is 0 Å². The molecule has 0 spiro atoms. The largest absolute Gasteiger partial charge is 0.462 e. The predicted octanol–water partition coefficient (Wildman–Crippen LogP) is 3.28. The molecule has 0 radical (unpaired) electrons. The number of halogens is 4. The Labute approximate surface area is 180 Å². The number of ether oxygens (including phenoxy) is 2. The highest BCUT2D eigenvalue weighted by atomic mass is 19.2. The van der Waals surface area contributed by atoms with Crippen molar-refractivity contribution in [3.05, 3.63) is 52.4 Å². The van der Waals surface area contributed by atoms with Gasteiger partial charge in [-0.25, -0.2) is 31.8 Å². The smallest absolute Gasteiger partial charge is 0.347 e. The first-order chi connectivity index (χ1) is 15.2. The quantitative estimate of drug-likeness (QED) is 0.163. The van der Waals surface area contributed by atoms with Crippen molar-refractivity contribution >= 4 is 17.8 Å². The number of hydrogen-bond donors (Lipinski definition) is 1. The van der Waals surface area contributed by atoms with E-state index in [-0.39, 0.29) is 25.2 Å². The summed E-state index contributed by atoms with van der Waals surface area (Å²) in [6.45, 7) is 4.15. The van der Waals surface area contributed by atoms with E-state index in [0.29, 0.717) is 4.68 Å². The molecule has 2 aromatic rings. The van der Waals surface area contributed by atoms with Gasteiger partial charge in [0.05, 0.1) is 19.4 Å². The van der Waals surface area contributed by atoms with Crippen LogP contribution in [0.2, 0.25) is 0 Å². The minimum absolute atomic E-state index is 0.0737. The zero-order valence-corrected chi connectivity index (χ0v) is 17.3. The molecule has 170 valence electrons. The molecule has 0 saturated carbocycles. The second-order valence-corrected chi connectivity index (χ2v) is 6.01. The Kier molecular flexibility index (Phi) is 7.95. The van der Waals surface area contributed by atoms with Gasteiger partial charge in [0.2, 0.25) is 0 Å². The van der Waals surface area contributed by atoms with Crippen molar-refractivity contribution in [2.24, 2.45) is 0 Å². The van der Waals surface area contributed by atoms with Crippen molar-refractivity contribution < 1.29 is 36.6 Å². The average Bonchev–Trinajstić information content (AvgIpc) is 3.16. The van der Waals surface area contributed by atoms with E-state index in [1.807, 2.05) is 0 Å².